The molecule has 0 heterocycles. The van der Waals surface area contributed by atoms with E-state index in [4.69, 9.17) is 10.8 Å². The van der Waals surface area contributed by atoms with Gasteiger partial charge in [-0.25, -0.2) is 17.6 Å². The van der Waals surface area contributed by atoms with Crippen molar-refractivity contribution in [2.24, 2.45) is 5.73 Å². The van der Waals surface area contributed by atoms with Crippen LogP contribution in [0.15, 0.2) is 22.7 Å². The van der Waals surface area contributed by atoms with Crippen molar-refractivity contribution in [3.8, 4) is 0 Å². The van der Waals surface area contributed by atoms with Crippen LogP contribution in [0.5, 0.6) is 0 Å². The van der Waals surface area contributed by atoms with Crippen molar-refractivity contribution in [3.63, 3.8) is 0 Å². The summed E-state index contributed by atoms with van der Waals surface area (Å²) < 4.78 is 55.6. The van der Waals surface area contributed by atoms with Gasteiger partial charge in [-0.3, -0.25) is 0 Å². The lowest BCUT2D eigenvalue weighted by atomic mass is 9.74. The first-order valence-electron chi connectivity index (χ1n) is 5.61. The Morgan fingerprint density at radius 2 is 2.05 bits per heavy atom. The zero-order valence-electron chi connectivity index (χ0n) is 9.72. The van der Waals surface area contributed by atoms with Crippen LogP contribution in [0.2, 0.25) is 0 Å². The Labute approximate surface area is 115 Å². The Morgan fingerprint density at radius 3 is 2.63 bits per heavy atom. The van der Waals surface area contributed by atoms with Crippen LogP contribution in [0.4, 0.5) is 17.6 Å². The van der Waals surface area contributed by atoms with Gasteiger partial charge in [0.1, 0.15) is 6.61 Å². The van der Waals surface area contributed by atoms with Crippen LogP contribution < -0.4 is 5.73 Å². The molecule has 0 fully saturated rings. The van der Waals surface area contributed by atoms with Gasteiger partial charge in [-0.15, -0.1) is 0 Å². The monoisotopic (exact) mass is 341 g/mol. The average molecular weight is 342 g/mol. The fraction of sp³-hybridized carbons (Fsp3) is 0.500. The molecule has 1 aliphatic carbocycles. The van der Waals surface area contributed by atoms with E-state index in [-0.39, 0.29) is 5.56 Å². The Morgan fingerprint density at radius 1 is 1.42 bits per heavy atom. The van der Waals surface area contributed by atoms with Crippen molar-refractivity contribution in [2.45, 2.75) is 30.2 Å². The summed E-state index contributed by atoms with van der Waals surface area (Å²) in [4.78, 5) is 0. The maximum absolute atomic E-state index is 13.8. The molecule has 1 aliphatic rings. The van der Waals surface area contributed by atoms with E-state index in [0.717, 1.165) is 6.07 Å². The maximum atomic E-state index is 13.8. The highest BCUT2D eigenvalue weighted by atomic mass is 79.9. The molecule has 7 heteroatoms. The lowest BCUT2D eigenvalue weighted by molar-refractivity contribution is -0.102. The van der Waals surface area contributed by atoms with Crippen LogP contribution in [0.25, 0.3) is 0 Å². The molecule has 2 nitrogen and oxygen atoms in total. The van der Waals surface area contributed by atoms with E-state index in [2.05, 4.69) is 15.9 Å². The molecule has 0 spiro atoms. The number of aliphatic hydroxyl groups is 1. The summed E-state index contributed by atoms with van der Waals surface area (Å²) in [5.41, 5.74) is 4.84. The third-order valence-electron chi connectivity index (χ3n) is 3.33. The quantitative estimate of drug-likeness (QED) is 0.812. The molecular weight excluding hydrogens is 330 g/mol. The molecule has 2 atom stereocenters. The van der Waals surface area contributed by atoms with E-state index in [1.165, 1.54) is 12.1 Å². The van der Waals surface area contributed by atoms with Gasteiger partial charge in [-0.05, 0) is 17.7 Å². The molecular formula is C12H12BrF4NO. The molecule has 0 aliphatic heterocycles. The molecule has 106 valence electrons. The van der Waals surface area contributed by atoms with Gasteiger partial charge in [0.05, 0.1) is 5.92 Å². The Balaban J connectivity index is 2.62. The molecule has 0 amide bonds. The summed E-state index contributed by atoms with van der Waals surface area (Å²) in [6.07, 6.45) is -0.859. The van der Waals surface area contributed by atoms with E-state index < -0.39 is 42.4 Å². The first-order chi connectivity index (χ1) is 8.69. The minimum absolute atomic E-state index is 0.211. The van der Waals surface area contributed by atoms with Gasteiger partial charge in [-0.1, -0.05) is 22.0 Å². The lowest BCUT2D eigenvalue weighted by Gasteiger charge is -2.39. The second-order valence-electron chi connectivity index (χ2n) is 4.70. The van der Waals surface area contributed by atoms with Crippen molar-refractivity contribution in [1.82, 2.24) is 0 Å². The highest BCUT2D eigenvalue weighted by molar-refractivity contribution is 9.10. The van der Waals surface area contributed by atoms with Gasteiger partial charge in [-0.2, -0.15) is 0 Å². The Hall–Kier alpha value is -0.660. The zero-order chi connectivity index (χ0) is 14.4. The van der Waals surface area contributed by atoms with Crippen LogP contribution >= 0.6 is 15.9 Å². The summed E-state index contributed by atoms with van der Waals surface area (Å²) >= 11 is 3.07. The molecule has 1 aromatic rings. The van der Waals surface area contributed by atoms with Crippen molar-refractivity contribution in [3.05, 3.63) is 33.8 Å². The van der Waals surface area contributed by atoms with Gasteiger partial charge in [0.2, 0.25) is 0 Å². The van der Waals surface area contributed by atoms with Crippen LogP contribution in [-0.2, 0) is 5.92 Å². The summed E-state index contributed by atoms with van der Waals surface area (Å²) in [7, 11) is 0. The number of fused-ring (bicyclic) bond motifs is 1. The Kier molecular flexibility index (Phi) is 3.66. The second-order valence-corrected chi connectivity index (χ2v) is 5.62. The number of halogens is 5. The molecule has 0 saturated heterocycles. The minimum atomic E-state index is -3.54. The van der Waals surface area contributed by atoms with Gasteiger partial charge >= 0.3 is 0 Å². The highest BCUT2D eigenvalue weighted by Gasteiger charge is 2.53. The molecule has 0 radical (unpaired) electrons. The summed E-state index contributed by atoms with van der Waals surface area (Å²) in [6, 6.07) is 2.29. The zero-order valence-corrected chi connectivity index (χ0v) is 11.3. The van der Waals surface area contributed by atoms with E-state index in [1.807, 2.05) is 0 Å². The SMILES string of the molecule is N[C@@H]1CC(F)(F)c2ccc(Br)cc2C1C(F)(F)CO. The summed E-state index contributed by atoms with van der Waals surface area (Å²) in [5, 5.41) is 8.78. The fourth-order valence-corrected chi connectivity index (χ4v) is 2.90. The third-order valence-corrected chi connectivity index (χ3v) is 3.82. The van der Waals surface area contributed by atoms with Crippen molar-refractivity contribution >= 4 is 15.9 Å². The molecule has 0 bridgehead atoms. The van der Waals surface area contributed by atoms with Gasteiger partial charge in [0, 0.05) is 22.5 Å². The highest BCUT2D eigenvalue weighted by Crippen LogP contribution is 2.50. The van der Waals surface area contributed by atoms with E-state index in [1.54, 1.807) is 0 Å². The topological polar surface area (TPSA) is 46.2 Å². The van der Waals surface area contributed by atoms with Crippen molar-refractivity contribution in [1.29, 1.82) is 0 Å². The summed E-state index contributed by atoms with van der Waals surface area (Å²) in [6.45, 7) is -1.43. The molecule has 3 N–H and O–H groups in total. The number of aliphatic hydroxyl groups excluding tert-OH is 1. The molecule has 0 aromatic heterocycles. The number of hydrogen-bond donors (Lipinski definition) is 2. The molecule has 1 aromatic carbocycles. The molecule has 2 rings (SSSR count). The van der Waals surface area contributed by atoms with Crippen LogP contribution in [0.1, 0.15) is 23.5 Å². The Bertz CT molecular complexity index is 495. The van der Waals surface area contributed by atoms with E-state index in [0.29, 0.717) is 4.47 Å². The maximum Gasteiger partial charge on any atom is 0.278 e. The van der Waals surface area contributed by atoms with E-state index >= 15 is 0 Å². The number of rotatable bonds is 2. The fourth-order valence-electron chi connectivity index (χ4n) is 2.52. The van der Waals surface area contributed by atoms with Gasteiger partial charge < -0.3 is 10.8 Å². The van der Waals surface area contributed by atoms with Crippen LogP contribution in [0, 0.1) is 0 Å². The molecule has 19 heavy (non-hydrogen) atoms. The average Bonchev–Trinajstić information content (AvgIpc) is 2.26. The summed E-state index contributed by atoms with van der Waals surface area (Å²) in [5.74, 6) is -8.40. The smallest absolute Gasteiger partial charge is 0.278 e. The van der Waals surface area contributed by atoms with Crippen LogP contribution in [-0.4, -0.2) is 23.7 Å². The number of hydrogen-bond acceptors (Lipinski definition) is 2. The molecule has 0 saturated carbocycles. The normalized spacial score (nSPS) is 26.1. The largest absolute Gasteiger partial charge is 0.390 e. The lowest BCUT2D eigenvalue weighted by Crippen LogP contribution is -2.48. The number of benzene rings is 1. The van der Waals surface area contributed by atoms with Gasteiger partial charge in [0.15, 0.2) is 0 Å². The van der Waals surface area contributed by atoms with Crippen LogP contribution in [0.3, 0.4) is 0 Å². The number of alkyl halides is 4. The second kappa shape index (κ2) is 4.71. The first kappa shape index (κ1) is 14.7. The van der Waals surface area contributed by atoms with Crippen molar-refractivity contribution in [2.75, 3.05) is 6.61 Å². The molecule has 1 unspecified atom stereocenters. The predicted octanol–water partition coefficient (Wildman–Crippen LogP) is 2.98. The van der Waals surface area contributed by atoms with Gasteiger partial charge in [0.25, 0.3) is 11.8 Å². The van der Waals surface area contributed by atoms with Crippen molar-refractivity contribution < 1.29 is 22.7 Å². The predicted molar refractivity (Wildman–Crippen MR) is 65.4 cm³/mol. The third kappa shape index (κ3) is 2.51. The number of nitrogens with two attached hydrogens (primary N) is 1. The first-order valence-corrected chi connectivity index (χ1v) is 6.40. The van der Waals surface area contributed by atoms with E-state index in [9.17, 15) is 17.6 Å². The minimum Gasteiger partial charge on any atom is -0.390 e. The standard InChI is InChI=1S/C12H12BrF4NO/c13-6-1-2-8-7(3-6)10(12(16,17)5-19)9(18)4-11(8,14)15/h1-3,9-10,19H,4-5,18H2/t9-,10?/m1/s1.